The van der Waals surface area contributed by atoms with Crippen molar-refractivity contribution >= 4 is 23.2 Å². The maximum Gasteiger partial charge on any atom is 0.0585 e. The Hall–Kier alpha value is -0.200. The smallest absolute Gasteiger partial charge is 0.0585 e. The molecule has 0 amide bonds. The Morgan fingerprint density at radius 3 is 2.18 bits per heavy atom. The average molecular weight is 273 g/mol. The third-order valence-electron chi connectivity index (χ3n) is 3.04. The van der Waals surface area contributed by atoms with Crippen LogP contribution >= 0.6 is 23.2 Å². The fourth-order valence-corrected chi connectivity index (χ4v) is 2.37. The van der Waals surface area contributed by atoms with Crippen LogP contribution in [-0.4, -0.2) is 0 Å². The predicted octanol–water partition coefficient (Wildman–Crippen LogP) is 6.37. The van der Waals surface area contributed by atoms with Gasteiger partial charge in [-0.25, -0.2) is 0 Å². The summed E-state index contributed by atoms with van der Waals surface area (Å²) >= 11 is 12.2. The monoisotopic (exact) mass is 272 g/mol. The van der Waals surface area contributed by atoms with Crippen LogP contribution < -0.4 is 0 Å². The molecule has 0 N–H and O–H groups in total. The van der Waals surface area contributed by atoms with Crippen LogP contribution in [0.1, 0.15) is 62.8 Å². The maximum atomic E-state index is 6.36. The molecule has 0 saturated heterocycles. The molecule has 0 aliphatic heterocycles. The summed E-state index contributed by atoms with van der Waals surface area (Å²) < 4.78 is 0. The van der Waals surface area contributed by atoms with Crippen molar-refractivity contribution in [3.63, 3.8) is 0 Å². The van der Waals surface area contributed by atoms with E-state index >= 15 is 0 Å². The highest BCUT2D eigenvalue weighted by molar-refractivity contribution is 6.30. The minimum atomic E-state index is 0.137. The summed E-state index contributed by atoms with van der Waals surface area (Å²) in [5, 5.41) is 0.913. The minimum absolute atomic E-state index is 0.137. The van der Waals surface area contributed by atoms with Crippen LogP contribution in [-0.2, 0) is 0 Å². The summed E-state index contributed by atoms with van der Waals surface area (Å²) in [5.41, 5.74) is 1.18. The molecule has 1 aromatic carbocycles. The van der Waals surface area contributed by atoms with E-state index in [9.17, 15) is 0 Å². The van der Waals surface area contributed by atoms with Crippen molar-refractivity contribution in [2.45, 2.75) is 57.2 Å². The van der Waals surface area contributed by atoms with Crippen LogP contribution in [0.25, 0.3) is 0 Å². The van der Waals surface area contributed by atoms with Gasteiger partial charge in [0.05, 0.1) is 5.38 Å². The Kier molecular flexibility index (Phi) is 7.72. The van der Waals surface area contributed by atoms with E-state index in [2.05, 4.69) is 6.92 Å². The summed E-state index contributed by atoms with van der Waals surface area (Å²) in [7, 11) is 0. The molecule has 0 spiro atoms. The zero-order valence-electron chi connectivity index (χ0n) is 10.6. The summed E-state index contributed by atoms with van der Waals surface area (Å²) in [5.74, 6) is 0. The Bertz CT molecular complexity index is 292. The second-order valence-corrected chi connectivity index (χ2v) is 5.54. The minimum Gasteiger partial charge on any atom is -0.118 e. The molecule has 2 heteroatoms. The van der Waals surface area contributed by atoms with Crippen molar-refractivity contribution in [3.05, 3.63) is 34.9 Å². The number of hydrogen-bond acceptors (Lipinski definition) is 0. The molecule has 0 nitrogen and oxygen atoms in total. The molecular weight excluding hydrogens is 251 g/mol. The second-order valence-electron chi connectivity index (χ2n) is 4.58. The van der Waals surface area contributed by atoms with Gasteiger partial charge in [0, 0.05) is 5.02 Å². The van der Waals surface area contributed by atoms with Crippen molar-refractivity contribution in [2.24, 2.45) is 0 Å². The third-order valence-corrected chi connectivity index (χ3v) is 3.76. The van der Waals surface area contributed by atoms with Crippen molar-refractivity contribution in [1.82, 2.24) is 0 Å². The molecule has 1 rings (SSSR count). The van der Waals surface area contributed by atoms with E-state index in [4.69, 9.17) is 23.2 Å². The predicted molar refractivity (Wildman–Crippen MR) is 78.0 cm³/mol. The fraction of sp³-hybridized carbons (Fsp3) is 0.600. The topological polar surface area (TPSA) is 0 Å². The molecule has 1 unspecified atom stereocenters. The maximum absolute atomic E-state index is 6.36. The van der Waals surface area contributed by atoms with Gasteiger partial charge in [-0.15, -0.1) is 11.6 Å². The standard InChI is InChI=1S/C15H22Cl2/c1-2-3-4-5-6-7-8-15(17)13-9-11-14(16)12-10-13/h9-12,15H,2-8H2,1H3. The highest BCUT2D eigenvalue weighted by Crippen LogP contribution is 2.27. The van der Waals surface area contributed by atoms with Crippen molar-refractivity contribution < 1.29 is 0 Å². The third kappa shape index (κ3) is 6.33. The zero-order valence-corrected chi connectivity index (χ0v) is 12.1. The van der Waals surface area contributed by atoms with E-state index in [1.54, 1.807) is 0 Å². The van der Waals surface area contributed by atoms with Crippen LogP contribution in [0.4, 0.5) is 0 Å². The molecule has 0 aliphatic carbocycles. The van der Waals surface area contributed by atoms with Crippen LogP contribution in [0.2, 0.25) is 5.02 Å². The molecule has 17 heavy (non-hydrogen) atoms. The summed E-state index contributed by atoms with van der Waals surface area (Å²) in [6.07, 6.45) is 8.97. The molecule has 1 atom stereocenters. The lowest BCUT2D eigenvalue weighted by atomic mass is 10.0. The molecule has 0 radical (unpaired) electrons. The second kappa shape index (κ2) is 8.83. The van der Waals surface area contributed by atoms with Gasteiger partial charge in [-0.3, -0.25) is 0 Å². The Labute approximate surface area is 115 Å². The largest absolute Gasteiger partial charge is 0.118 e. The zero-order chi connectivity index (χ0) is 12.5. The first kappa shape index (κ1) is 14.9. The van der Waals surface area contributed by atoms with Gasteiger partial charge in [-0.1, -0.05) is 69.2 Å². The van der Waals surface area contributed by atoms with E-state index in [1.165, 1.54) is 44.1 Å². The first-order valence-corrected chi connectivity index (χ1v) is 7.45. The molecular formula is C15H22Cl2. The molecule has 0 aromatic heterocycles. The summed E-state index contributed by atoms with van der Waals surface area (Å²) in [6, 6.07) is 7.87. The Morgan fingerprint density at radius 2 is 1.53 bits per heavy atom. The van der Waals surface area contributed by atoms with Gasteiger partial charge in [0.2, 0.25) is 0 Å². The molecule has 1 aromatic rings. The normalized spacial score (nSPS) is 12.6. The van der Waals surface area contributed by atoms with Gasteiger partial charge < -0.3 is 0 Å². The quantitative estimate of drug-likeness (QED) is 0.381. The van der Waals surface area contributed by atoms with Gasteiger partial charge in [0.15, 0.2) is 0 Å². The van der Waals surface area contributed by atoms with Gasteiger partial charge in [-0.05, 0) is 24.1 Å². The lowest BCUT2D eigenvalue weighted by Crippen LogP contribution is -1.90. The average Bonchev–Trinajstić information content (AvgIpc) is 2.34. The molecule has 96 valence electrons. The highest BCUT2D eigenvalue weighted by Gasteiger charge is 2.06. The molecule has 0 fully saturated rings. The van der Waals surface area contributed by atoms with Crippen LogP contribution in [0.3, 0.4) is 0 Å². The number of unbranched alkanes of at least 4 members (excludes halogenated alkanes) is 5. The van der Waals surface area contributed by atoms with E-state index in [1.807, 2.05) is 24.3 Å². The van der Waals surface area contributed by atoms with Crippen molar-refractivity contribution in [3.8, 4) is 0 Å². The number of benzene rings is 1. The van der Waals surface area contributed by atoms with E-state index in [0.29, 0.717) is 0 Å². The van der Waals surface area contributed by atoms with Crippen molar-refractivity contribution in [2.75, 3.05) is 0 Å². The molecule has 0 saturated carbocycles. The Morgan fingerprint density at radius 1 is 0.941 bits per heavy atom. The number of rotatable bonds is 8. The highest BCUT2D eigenvalue weighted by atomic mass is 35.5. The van der Waals surface area contributed by atoms with Crippen LogP contribution in [0.15, 0.2) is 24.3 Å². The van der Waals surface area contributed by atoms with E-state index in [-0.39, 0.29) is 5.38 Å². The first-order chi connectivity index (χ1) is 8.24. The summed E-state index contributed by atoms with van der Waals surface area (Å²) in [6.45, 7) is 2.25. The van der Waals surface area contributed by atoms with E-state index in [0.717, 1.165) is 11.4 Å². The Balaban J connectivity index is 2.16. The van der Waals surface area contributed by atoms with E-state index < -0.39 is 0 Å². The molecule has 0 aliphatic rings. The lowest BCUT2D eigenvalue weighted by Gasteiger charge is -2.09. The lowest BCUT2D eigenvalue weighted by molar-refractivity contribution is 0.584. The fourth-order valence-electron chi connectivity index (χ4n) is 1.94. The first-order valence-electron chi connectivity index (χ1n) is 6.63. The van der Waals surface area contributed by atoms with Crippen LogP contribution in [0.5, 0.6) is 0 Å². The van der Waals surface area contributed by atoms with Gasteiger partial charge in [0.25, 0.3) is 0 Å². The summed E-state index contributed by atoms with van der Waals surface area (Å²) in [4.78, 5) is 0. The number of alkyl halides is 1. The van der Waals surface area contributed by atoms with Crippen molar-refractivity contribution in [1.29, 1.82) is 0 Å². The van der Waals surface area contributed by atoms with Gasteiger partial charge in [0.1, 0.15) is 0 Å². The SMILES string of the molecule is CCCCCCCCC(Cl)c1ccc(Cl)cc1. The number of halogens is 2. The van der Waals surface area contributed by atoms with Gasteiger partial charge >= 0.3 is 0 Å². The molecule has 0 bridgehead atoms. The van der Waals surface area contributed by atoms with Gasteiger partial charge in [-0.2, -0.15) is 0 Å². The number of hydrogen-bond donors (Lipinski definition) is 0. The van der Waals surface area contributed by atoms with Crippen LogP contribution in [0, 0.1) is 0 Å². The molecule has 0 heterocycles.